The normalized spacial score (nSPS) is 14.7. The van der Waals surface area contributed by atoms with Crippen LogP contribution < -0.4 is 10.1 Å². The highest BCUT2D eigenvalue weighted by Crippen LogP contribution is 2.36. The van der Waals surface area contributed by atoms with Gasteiger partial charge in [-0.25, -0.2) is 9.18 Å². The number of nitrogens with one attached hydrogen (secondary N) is 1. The quantitative estimate of drug-likeness (QED) is 0.458. The number of ether oxygens (including phenoxy) is 1. The van der Waals surface area contributed by atoms with E-state index < -0.39 is 0 Å². The lowest BCUT2D eigenvalue weighted by Gasteiger charge is -2.31. The van der Waals surface area contributed by atoms with E-state index in [9.17, 15) is 9.18 Å². The van der Waals surface area contributed by atoms with Crippen molar-refractivity contribution < 1.29 is 13.9 Å². The molecule has 1 N–H and O–H groups in total. The first-order valence-electron chi connectivity index (χ1n) is 10.8. The molecule has 0 aliphatic carbocycles. The maximum absolute atomic E-state index is 13.7. The Morgan fingerprint density at radius 1 is 1.03 bits per heavy atom. The zero-order valence-electron chi connectivity index (χ0n) is 18.2. The smallest absolute Gasteiger partial charge is 0.318 e. The molecule has 2 amide bonds. The molecule has 0 spiro atoms. The van der Waals surface area contributed by atoms with Gasteiger partial charge in [-0.1, -0.05) is 42.5 Å². The third-order valence-electron chi connectivity index (χ3n) is 5.99. The largest absolute Gasteiger partial charge is 0.497 e. The molecule has 0 fully saturated rings. The fourth-order valence-corrected chi connectivity index (χ4v) is 4.40. The zero-order chi connectivity index (χ0) is 22.8. The van der Waals surface area contributed by atoms with Crippen molar-refractivity contribution in [1.29, 1.82) is 0 Å². The third kappa shape index (κ3) is 4.07. The van der Waals surface area contributed by atoms with Crippen molar-refractivity contribution in [3.8, 4) is 11.4 Å². The van der Waals surface area contributed by atoms with Gasteiger partial charge in [0, 0.05) is 18.4 Å². The first kappa shape index (κ1) is 20.8. The van der Waals surface area contributed by atoms with Crippen molar-refractivity contribution in [3.63, 3.8) is 0 Å². The van der Waals surface area contributed by atoms with Crippen molar-refractivity contribution in [2.24, 2.45) is 0 Å². The molecule has 33 heavy (non-hydrogen) atoms. The number of amides is 2. The van der Waals surface area contributed by atoms with Gasteiger partial charge in [-0.05, 0) is 59.2 Å². The van der Waals surface area contributed by atoms with E-state index in [1.807, 2.05) is 65.7 Å². The summed E-state index contributed by atoms with van der Waals surface area (Å²) in [5.41, 5.74) is 4.81. The lowest BCUT2D eigenvalue weighted by Crippen LogP contribution is -2.41. The van der Waals surface area contributed by atoms with Crippen LogP contribution in [0.25, 0.3) is 5.69 Å². The molecule has 0 unspecified atom stereocenters. The molecule has 0 saturated heterocycles. The molecule has 1 aromatic heterocycles. The predicted octanol–water partition coefficient (Wildman–Crippen LogP) is 5.44. The monoisotopic (exact) mass is 441 g/mol. The predicted molar refractivity (Wildman–Crippen MR) is 125 cm³/mol. The highest BCUT2D eigenvalue weighted by molar-refractivity contribution is 5.76. The summed E-state index contributed by atoms with van der Waals surface area (Å²) in [5, 5.41) is 3.06. The molecule has 166 valence electrons. The van der Waals surface area contributed by atoms with E-state index in [-0.39, 0.29) is 17.9 Å². The summed E-state index contributed by atoms with van der Waals surface area (Å²) in [6, 6.07) is 25.5. The van der Waals surface area contributed by atoms with E-state index in [4.69, 9.17) is 4.74 Å². The maximum atomic E-state index is 13.7. The molecule has 6 heteroatoms. The van der Waals surface area contributed by atoms with Crippen molar-refractivity contribution in [3.05, 3.63) is 119 Å². The first-order chi connectivity index (χ1) is 16.1. The van der Waals surface area contributed by atoms with Crippen molar-refractivity contribution in [2.75, 3.05) is 7.11 Å². The van der Waals surface area contributed by atoms with E-state index in [1.165, 1.54) is 12.1 Å². The average Bonchev–Trinajstić information content (AvgIpc) is 3.28. The second-order valence-electron chi connectivity index (χ2n) is 8.02. The minimum atomic E-state index is -0.377. The number of carbonyl (C=O) groups is 1. The molecule has 2 heterocycles. The highest BCUT2D eigenvalue weighted by Gasteiger charge is 2.32. The van der Waals surface area contributed by atoms with Gasteiger partial charge in [-0.15, -0.1) is 0 Å². The van der Waals surface area contributed by atoms with Gasteiger partial charge in [-0.2, -0.15) is 0 Å². The minimum Gasteiger partial charge on any atom is -0.497 e. The first-order valence-corrected chi connectivity index (χ1v) is 10.8. The molecule has 4 aromatic rings. The number of fused-ring (bicyclic) bond motifs is 3. The van der Waals surface area contributed by atoms with Crippen LogP contribution in [0.4, 0.5) is 9.18 Å². The number of benzene rings is 3. The second-order valence-corrected chi connectivity index (χ2v) is 8.02. The number of para-hydroxylation sites is 1. The Labute approximate surface area is 192 Å². The van der Waals surface area contributed by atoms with E-state index in [0.29, 0.717) is 13.1 Å². The average molecular weight is 442 g/mol. The molecule has 3 aromatic carbocycles. The van der Waals surface area contributed by atoms with Gasteiger partial charge in [0.25, 0.3) is 0 Å². The lowest BCUT2D eigenvalue weighted by molar-refractivity contribution is 0.180. The Kier molecular flexibility index (Phi) is 5.57. The van der Waals surface area contributed by atoms with E-state index in [0.717, 1.165) is 33.8 Å². The minimum absolute atomic E-state index is 0.198. The van der Waals surface area contributed by atoms with Gasteiger partial charge in [0.1, 0.15) is 11.6 Å². The van der Waals surface area contributed by atoms with E-state index in [2.05, 4.69) is 16.0 Å². The summed E-state index contributed by atoms with van der Waals surface area (Å²) in [6.45, 7) is 0.787. The Morgan fingerprint density at radius 2 is 1.85 bits per heavy atom. The fourth-order valence-electron chi connectivity index (χ4n) is 4.40. The van der Waals surface area contributed by atoms with Crippen LogP contribution in [0, 0.1) is 5.82 Å². The van der Waals surface area contributed by atoms with Crippen LogP contribution in [0.3, 0.4) is 0 Å². The van der Waals surface area contributed by atoms with Crippen LogP contribution >= 0.6 is 0 Å². The van der Waals surface area contributed by atoms with Crippen LogP contribution in [0.2, 0.25) is 0 Å². The summed E-state index contributed by atoms with van der Waals surface area (Å²) in [5.74, 6) is 0.438. The van der Waals surface area contributed by atoms with E-state index in [1.54, 1.807) is 19.2 Å². The molecule has 1 aliphatic rings. The van der Waals surface area contributed by atoms with Gasteiger partial charge >= 0.3 is 6.03 Å². The molecule has 5 nitrogen and oxygen atoms in total. The maximum Gasteiger partial charge on any atom is 0.318 e. The van der Waals surface area contributed by atoms with Crippen molar-refractivity contribution in [1.82, 2.24) is 14.8 Å². The second kappa shape index (κ2) is 8.82. The van der Waals surface area contributed by atoms with Gasteiger partial charge in [0.05, 0.1) is 25.4 Å². The van der Waals surface area contributed by atoms with Crippen LogP contribution in [0.15, 0.2) is 91.1 Å². The molecule has 0 bridgehead atoms. The lowest BCUT2D eigenvalue weighted by atomic mass is 10.0. The van der Waals surface area contributed by atoms with Crippen LogP contribution in [-0.2, 0) is 13.1 Å². The van der Waals surface area contributed by atoms with E-state index >= 15 is 0 Å². The summed E-state index contributed by atoms with van der Waals surface area (Å²) >= 11 is 0. The number of carbonyl (C=O) groups excluding carboxylic acids is 1. The SMILES string of the molecule is COc1cccc(CNC(=O)N2Cc3ccccc3-n3cccc3[C@@H]2c2ccc(F)cc2)c1. The standard InChI is InChI=1S/C27H24FN3O2/c1-33-23-8-4-6-19(16-23)17-29-27(32)31-18-21-7-2-3-9-24(21)30-15-5-10-25(30)26(31)20-11-13-22(28)14-12-20/h2-16,26H,17-18H2,1H3,(H,29,32)/t26-/m0/s1. The number of aromatic nitrogens is 1. The van der Waals surface area contributed by atoms with Gasteiger partial charge in [0.2, 0.25) is 0 Å². The Balaban J connectivity index is 1.53. The van der Waals surface area contributed by atoms with Crippen molar-refractivity contribution >= 4 is 6.03 Å². The highest BCUT2D eigenvalue weighted by atomic mass is 19.1. The van der Waals surface area contributed by atoms with Crippen LogP contribution in [0.1, 0.15) is 28.4 Å². The molecular formula is C27H24FN3O2. The number of hydrogen-bond acceptors (Lipinski definition) is 2. The molecule has 1 atom stereocenters. The molecule has 0 radical (unpaired) electrons. The molecule has 0 saturated carbocycles. The number of methoxy groups -OCH3 is 1. The number of nitrogens with zero attached hydrogens (tertiary/aromatic N) is 2. The summed E-state index contributed by atoms with van der Waals surface area (Å²) < 4.78 is 21.1. The number of urea groups is 1. The number of halogens is 1. The molecule has 1 aliphatic heterocycles. The fraction of sp³-hybridized carbons (Fsp3) is 0.148. The zero-order valence-corrected chi connectivity index (χ0v) is 18.2. The summed E-state index contributed by atoms with van der Waals surface area (Å²) in [7, 11) is 1.62. The van der Waals surface area contributed by atoms with Gasteiger partial charge in [0.15, 0.2) is 0 Å². The molecular weight excluding hydrogens is 417 g/mol. The molecule has 5 rings (SSSR count). The van der Waals surface area contributed by atoms with Gasteiger partial charge in [-0.3, -0.25) is 0 Å². The van der Waals surface area contributed by atoms with Crippen LogP contribution in [0.5, 0.6) is 5.75 Å². The van der Waals surface area contributed by atoms with Gasteiger partial charge < -0.3 is 19.5 Å². The summed E-state index contributed by atoms with van der Waals surface area (Å²) in [4.78, 5) is 15.4. The van der Waals surface area contributed by atoms with Crippen molar-refractivity contribution in [2.45, 2.75) is 19.1 Å². The van der Waals surface area contributed by atoms with Crippen LogP contribution in [-0.4, -0.2) is 22.6 Å². The Hall–Kier alpha value is -4.06. The number of hydrogen-bond donors (Lipinski definition) is 1. The Morgan fingerprint density at radius 3 is 2.67 bits per heavy atom. The number of rotatable bonds is 4. The summed E-state index contributed by atoms with van der Waals surface area (Å²) in [6.07, 6.45) is 2.00. The Bertz CT molecular complexity index is 1280. The topological polar surface area (TPSA) is 46.5 Å². The third-order valence-corrected chi connectivity index (χ3v) is 5.99.